The molecule has 1 aromatic rings. The molecule has 1 aliphatic carbocycles. The molecule has 1 aliphatic heterocycles. The Labute approximate surface area is 148 Å². The average molecular weight is 345 g/mol. The van der Waals surface area contributed by atoms with Crippen LogP contribution in [0.3, 0.4) is 0 Å². The van der Waals surface area contributed by atoms with E-state index in [4.69, 9.17) is 0 Å². The first kappa shape index (κ1) is 17.7. The lowest BCUT2D eigenvalue weighted by Crippen LogP contribution is -2.48. The van der Waals surface area contributed by atoms with E-state index < -0.39 is 6.10 Å². The Morgan fingerprint density at radius 1 is 1.12 bits per heavy atom. The number of nitrogens with one attached hydrogen (secondary N) is 1. The standard InChI is InChI=1S/C19H27N3O3/c1-12(23)20-17-8-14-10-22(11-15(14)9-18(17)24)19(25)13-4-6-16(7-5-13)21(2)3/h4-7,14-15,17-18,24H,8-11H2,1-3H3,(H,20,23)/t14-,15+,17-,18-/m1/s1. The molecule has 1 heterocycles. The maximum absolute atomic E-state index is 12.8. The van der Waals surface area contributed by atoms with Gasteiger partial charge >= 0.3 is 0 Å². The van der Waals surface area contributed by atoms with E-state index in [1.165, 1.54) is 6.92 Å². The first-order valence-electron chi connectivity index (χ1n) is 8.87. The summed E-state index contributed by atoms with van der Waals surface area (Å²) < 4.78 is 0. The van der Waals surface area contributed by atoms with Crippen LogP contribution in [-0.4, -0.2) is 61.2 Å². The van der Waals surface area contributed by atoms with Crippen LogP contribution in [0.15, 0.2) is 24.3 Å². The third kappa shape index (κ3) is 3.79. The Morgan fingerprint density at radius 2 is 1.72 bits per heavy atom. The molecule has 1 saturated carbocycles. The van der Waals surface area contributed by atoms with Gasteiger partial charge in [0.2, 0.25) is 5.91 Å². The van der Waals surface area contributed by atoms with Crippen LogP contribution in [0.25, 0.3) is 0 Å². The molecule has 2 fully saturated rings. The fourth-order valence-corrected chi connectivity index (χ4v) is 4.10. The summed E-state index contributed by atoms with van der Waals surface area (Å²) in [4.78, 5) is 28.0. The zero-order valence-electron chi connectivity index (χ0n) is 15.1. The minimum absolute atomic E-state index is 0.0465. The lowest BCUT2D eigenvalue weighted by molar-refractivity contribution is -0.121. The van der Waals surface area contributed by atoms with Crippen molar-refractivity contribution < 1.29 is 14.7 Å². The van der Waals surface area contributed by atoms with Crippen molar-refractivity contribution in [1.29, 1.82) is 0 Å². The summed E-state index contributed by atoms with van der Waals surface area (Å²) in [5.74, 6) is 0.579. The Kier molecular flexibility index (Phi) is 4.99. The quantitative estimate of drug-likeness (QED) is 0.860. The van der Waals surface area contributed by atoms with Crippen LogP contribution < -0.4 is 10.2 Å². The molecule has 6 heteroatoms. The molecule has 25 heavy (non-hydrogen) atoms. The predicted octanol–water partition coefficient (Wildman–Crippen LogP) is 1.10. The van der Waals surface area contributed by atoms with Gasteiger partial charge in [0.05, 0.1) is 12.1 Å². The van der Waals surface area contributed by atoms with Crippen LogP contribution in [0, 0.1) is 11.8 Å². The van der Waals surface area contributed by atoms with E-state index in [1.54, 1.807) is 0 Å². The van der Waals surface area contributed by atoms with Gasteiger partial charge in [-0.25, -0.2) is 0 Å². The van der Waals surface area contributed by atoms with E-state index in [1.807, 2.05) is 48.2 Å². The van der Waals surface area contributed by atoms with Gasteiger partial charge in [-0.15, -0.1) is 0 Å². The van der Waals surface area contributed by atoms with Crippen molar-refractivity contribution in [3.63, 3.8) is 0 Å². The van der Waals surface area contributed by atoms with Crippen molar-refractivity contribution in [2.24, 2.45) is 11.8 Å². The Hall–Kier alpha value is -2.08. The molecule has 0 unspecified atom stereocenters. The molecule has 6 nitrogen and oxygen atoms in total. The summed E-state index contributed by atoms with van der Waals surface area (Å²) in [6, 6.07) is 7.44. The van der Waals surface area contributed by atoms with Crippen molar-refractivity contribution in [2.75, 3.05) is 32.1 Å². The molecule has 4 atom stereocenters. The number of hydrogen-bond donors (Lipinski definition) is 2. The van der Waals surface area contributed by atoms with Gasteiger partial charge < -0.3 is 20.2 Å². The number of carbonyl (C=O) groups excluding carboxylic acids is 2. The zero-order chi connectivity index (χ0) is 18.1. The molecule has 2 aliphatic rings. The Bertz CT molecular complexity index is 644. The lowest BCUT2D eigenvalue weighted by atomic mass is 9.77. The number of amides is 2. The fourth-order valence-electron chi connectivity index (χ4n) is 4.10. The van der Waals surface area contributed by atoms with Gasteiger partial charge in [0.1, 0.15) is 0 Å². The van der Waals surface area contributed by atoms with Crippen molar-refractivity contribution in [3.8, 4) is 0 Å². The second-order valence-corrected chi connectivity index (χ2v) is 7.52. The molecule has 3 rings (SSSR count). The summed E-state index contributed by atoms with van der Waals surface area (Å²) in [5.41, 5.74) is 1.76. The molecule has 0 spiro atoms. The first-order chi connectivity index (χ1) is 11.8. The highest BCUT2D eigenvalue weighted by Crippen LogP contribution is 2.37. The highest BCUT2D eigenvalue weighted by Gasteiger charge is 2.43. The second-order valence-electron chi connectivity index (χ2n) is 7.52. The SMILES string of the molecule is CC(=O)N[C@@H]1C[C@@H]2CN(C(=O)c3ccc(N(C)C)cc3)C[C@@H]2C[C@H]1O. The van der Waals surface area contributed by atoms with Crippen molar-refractivity contribution in [3.05, 3.63) is 29.8 Å². The van der Waals surface area contributed by atoms with Crippen molar-refractivity contribution in [1.82, 2.24) is 10.2 Å². The van der Waals surface area contributed by atoms with Gasteiger partial charge in [0.25, 0.3) is 5.91 Å². The van der Waals surface area contributed by atoms with E-state index in [2.05, 4.69) is 5.32 Å². The van der Waals surface area contributed by atoms with Gasteiger partial charge in [-0.05, 0) is 48.9 Å². The van der Waals surface area contributed by atoms with E-state index in [-0.39, 0.29) is 17.9 Å². The minimum Gasteiger partial charge on any atom is -0.391 e. The van der Waals surface area contributed by atoms with Crippen LogP contribution >= 0.6 is 0 Å². The topological polar surface area (TPSA) is 72.9 Å². The number of fused-ring (bicyclic) bond motifs is 1. The van der Waals surface area contributed by atoms with E-state index >= 15 is 0 Å². The number of benzene rings is 1. The molecule has 2 amide bonds. The van der Waals surface area contributed by atoms with Crippen LogP contribution in [0.5, 0.6) is 0 Å². The number of aliphatic hydroxyl groups excluding tert-OH is 1. The van der Waals surface area contributed by atoms with Gasteiger partial charge in [-0.3, -0.25) is 9.59 Å². The van der Waals surface area contributed by atoms with Gasteiger partial charge in [0, 0.05) is 45.4 Å². The smallest absolute Gasteiger partial charge is 0.253 e. The van der Waals surface area contributed by atoms with E-state index in [9.17, 15) is 14.7 Å². The molecule has 2 N–H and O–H groups in total. The fraction of sp³-hybridized carbons (Fsp3) is 0.579. The average Bonchev–Trinajstić information content (AvgIpc) is 2.96. The number of rotatable bonds is 3. The Balaban J connectivity index is 1.66. The number of likely N-dealkylation sites (tertiary alicyclic amines) is 1. The van der Waals surface area contributed by atoms with E-state index in [0.29, 0.717) is 36.9 Å². The molecule has 0 aromatic heterocycles. The monoisotopic (exact) mass is 345 g/mol. The van der Waals surface area contributed by atoms with Gasteiger partial charge in [-0.1, -0.05) is 0 Å². The maximum atomic E-state index is 12.8. The highest BCUT2D eigenvalue weighted by atomic mass is 16.3. The minimum atomic E-state index is -0.528. The number of hydrogen-bond acceptors (Lipinski definition) is 4. The summed E-state index contributed by atoms with van der Waals surface area (Å²) in [6.07, 6.45) is 0.841. The number of nitrogens with zero attached hydrogens (tertiary/aromatic N) is 2. The van der Waals surface area contributed by atoms with Crippen LogP contribution in [-0.2, 0) is 4.79 Å². The zero-order valence-corrected chi connectivity index (χ0v) is 15.1. The molecular weight excluding hydrogens is 318 g/mol. The lowest BCUT2D eigenvalue weighted by Gasteiger charge is -2.35. The molecule has 1 aromatic carbocycles. The highest BCUT2D eigenvalue weighted by molar-refractivity contribution is 5.94. The number of carbonyl (C=O) groups is 2. The molecule has 136 valence electrons. The third-order valence-corrected chi connectivity index (χ3v) is 5.45. The van der Waals surface area contributed by atoms with Gasteiger partial charge in [-0.2, -0.15) is 0 Å². The van der Waals surface area contributed by atoms with Gasteiger partial charge in [0.15, 0.2) is 0 Å². The first-order valence-corrected chi connectivity index (χ1v) is 8.87. The molecular formula is C19H27N3O3. The summed E-state index contributed by atoms with van der Waals surface area (Å²) in [6.45, 7) is 2.85. The second kappa shape index (κ2) is 7.04. The third-order valence-electron chi connectivity index (χ3n) is 5.45. The normalized spacial score (nSPS) is 28.4. The van der Waals surface area contributed by atoms with Crippen LogP contribution in [0.4, 0.5) is 5.69 Å². The van der Waals surface area contributed by atoms with E-state index in [0.717, 1.165) is 12.1 Å². The van der Waals surface area contributed by atoms with Crippen LogP contribution in [0.1, 0.15) is 30.1 Å². The Morgan fingerprint density at radius 3 is 2.28 bits per heavy atom. The largest absolute Gasteiger partial charge is 0.391 e. The summed E-state index contributed by atoms with van der Waals surface area (Å²) in [5, 5.41) is 13.1. The molecule has 0 radical (unpaired) electrons. The molecule has 0 bridgehead atoms. The maximum Gasteiger partial charge on any atom is 0.253 e. The predicted molar refractivity (Wildman–Crippen MR) is 96.5 cm³/mol. The number of aliphatic hydroxyl groups is 1. The molecule has 1 saturated heterocycles. The van der Waals surface area contributed by atoms with Crippen LogP contribution in [0.2, 0.25) is 0 Å². The summed E-state index contributed by atoms with van der Waals surface area (Å²) in [7, 11) is 3.94. The van der Waals surface area contributed by atoms with Crippen molar-refractivity contribution >= 4 is 17.5 Å². The van der Waals surface area contributed by atoms with Crippen molar-refractivity contribution in [2.45, 2.75) is 31.9 Å². The number of anilines is 1. The summed E-state index contributed by atoms with van der Waals surface area (Å²) >= 11 is 0.